The number of hydrogen-bond acceptors (Lipinski definition) is 4. The summed E-state index contributed by atoms with van der Waals surface area (Å²) >= 11 is 3.49. The van der Waals surface area contributed by atoms with Crippen molar-refractivity contribution in [3.63, 3.8) is 0 Å². The Kier molecular flexibility index (Phi) is 7.00. The second-order valence-electron chi connectivity index (χ2n) is 5.30. The van der Waals surface area contributed by atoms with E-state index in [-0.39, 0.29) is 18.3 Å². The van der Waals surface area contributed by atoms with Gasteiger partial charge in [-0.1, -0.05) is 46.3 Å². The molecule has 1 aromatic heterocycles. The normalized spacial score (nSPS) is 9.88. The molecule has 0 aliphatic heterocycles. The molecule has 134 valence electrons. The van der Waals surface area contributed by atoms with Crippen molar-refractivity contribution in [1.82, 2.24) is 4.98 Å². The van der Waals surface area contributed by atoms with E-state index < -0.39 is 0 Å². The fraction of sp³-hybridized carbons (Fsp3) is 0.0526. The first-order valence-electron chi connectivity index (χ1n) is 7.61. The van der Waals surface area contributed by atoms with Crippen LogP contribution in [-0.2, 0) is 6.61 Å². The molecule has 1 heterocycles. The smallest absolute Gasteiger partial charge is 0.259 e. The first-order valence-corrected chi connectivity index (χ1v) is 8.41. The predicted molar refractivity (Wildman–Crippen MR) is 109 cm³/mol. The third-order valence-corrected chi connectivity index (χ3v) is 4.29. The summed E-state index contributed by atoms with van der Waals surface area (Å²) in [7, 11) is 0. The van der Waals surface area contributed by atoms with Crippen LogP contribution < -0.4 is 15.8 Å². The molecule has 3 aromatic rings. The molecule has 1 amide bonds. The third-order valence-electron chi connectivity index (χ3n) is 3.52. The lowest BCUT2D eigenvalue weighted by molar-refractivity contribution is 0.102. The number of ether oxygens (including phenoxy) is 1. The summed E-state index contributed by atoms with van der Waals surface area (Å²) in [5, 5.41) is 2.79. The summed E-state index contributed by atoms with van der Waals surface area (Å²) in [5.74, 6) is 0.642. The maximum absolute atomic E-state index is 12.5. The number of pyridine rings is 1. The zero-order valence-corrected chi connectivity index (χ0v) is 16.1. The monoisotopic (exact) mass is 433 g/mol. The summed E-state index contributed by atoms with van der Waals surface area (Å²) in [6.45, 7) is 0.356. The van der Waals surface area contributed by atoms with E-state index in [2.05, 4.69) is 26.2 Å². The van der Waals surface area contributed by atoms with Crippen LogP contribution >= 0.6 is 28.3 Å². The number of rotatable bonds is 5. The first-order chi connectivity index (χ1) is 12.1. The van der Waals surface area contributed by atoms with Crippen LogP contribution in [0.25, 0.3) is 0 Å². The highest BCUT2D eigenvalue weighted by Crippen LogP contribution is 2.23. The summed E-state index contributed by atoms with van der Waals surface area (Å²) in [4.78, 5) is 16.5. The van der Waals surface area contributed by atoms with Gasteiger partial charge in [-0.3, -0.25) is 4.79 Å². The lowest BCUT2D eigenvalue weighted by Crippen LogP contribution is -2.14. The van der Waals surface area contributed by atoms with Gasteiger partial charge in [0.05, 0.1) is 17.4 Å². The number of nitrogen functional groups attached to an aromatic ring is 1. The molecular formula is C19H17BrClN3O2. The highest BCUT2D eigenvalue weighted by Gasteiger charge is 2.13. The summed E-state index contributed by atoms with van der Waals surface area (Å²) in [6, 6.07) is 18.2. The Labute approximate surface area is 166 Å². The van der Waals surface area contributed by atoms with E-state index in [0.717, 1.165) is 10.0 Å². The van der Waals surface area contributed by atoms with Gasteiger partial charge in [0.1, 0.15) is 18.2 Å². The molecule has 0 aliphatic rings. The minimum Gasteiger partial charge on any atom is -0.488 e. The second-order valence-corrected chi connectivity index (χ2v) is 6.16. The average molecular weight is 435 g/mol. The number of amides is 1. The Morgan fingerprint density at radius 2 is 1.81 bits per heavy atom. The number of nitrogens with two attached hydrogens (primary N) is 1. The van der Waals surface area contributed by atoms with Crippen molar-refractivity contribution in [3.05, 3.63) is 82.5 Å². The Hall–Kier alpha value is -2.57. The quantitative estimate of drug-likeness (QED) is 0.611. The van der Waals surface area contributed by atoms with Gasteiger partial charge in [0, 0.05) is 10.0 Å². The van der Waals surface area contributed by atoms with Gasteiger partial charge in [0.15, 0.2) is 0 Å². The van der Waals surface area contributed by atoms with Crippen molar-refractivity contribution >= 4 is 45.7 Å². The Morgan fingerprint density at radius 3 is 2.54 bits per heavy atom. The largest absolute Gasteiger partial charge is 0.488 e. The fourth-order valence-corrected chi connectivity index (χ4v) is 2.63. The molecule has 0 bridgehead atoms. The van der Waals surface area contributed by atoms with E-state index >= 15 is 0 Å². The molecule has 0 saturated heterocycles. The molecule has 2 aromatic carbocycles. The highest BCUT2D eigenvalue weighted by atomic mass is 79.9. The SMILES string of the molecule is Cl.Nc1ccc(NC(=O)c2ccccc2OCc2ccccc2Br)cn1. The van der Waals surface area contributed by atoms with Crippen LogP contribution in [0.5, 0.6) is 5.75 Å². The van der Waals surface area contributed by atoms with E-state index in [1.165, 1.54) is 6.20 Å². The number of nitrogens with zero attached hydrogens (tertiary/aromatic N) is 1. The molecule has 0 radical (unpaired) electrons. The second kappa shape index (κ2) is 9.22. The molecule has 0 atom stereocenters. The van der Waals surface area contributed by atoms with Crippen molar-refractivity contribution in [2.24, 2.45) is 0 Å². The van der Waals surface area contributed by atoms with Gasteiger partial charge in [-0.05, 0) is 30.3 Å². The lowest BCUT2D eigenvalue weighted by Gasteiger charge is -2.12. The number of benzene rings is 2. The number of carbonyl (C=O) groups excluding carboxylic acids is 1. The van der Waals surface area contributed by atoms with Crippen molar-refractivity contribution in [2.75, 3.05) is 11.1 Å². The minimum absolute atomic E-state index is 0. The van der Waals surface area contributed by atoms with Crippen LogP contribution in [0.4, 0.5) is 11.5 Å². The zero-order valence-electron chi connectivity index (χ0n) is 13.7. The summed E-state index contributed by atoms with van der Waals surface area (Å²) < 4.78 is 6.82. The van der Waals surface area contributed by atoms with Crippen LogP contribution in [0.15, 0.2) is 71.3 Å². The van der Waals surface area contributed by atoms with E-state index in [4.69, 9.17) is 10.5 Å². The molecule has 0 aliphatic carbocycles. The van der Waals surface area contributed by atoms with Gasteiger partial charge in [0.25, 0.3) is 5.91 Å². The van der Waals surface area contributed by atoms with Gasteiger partial charge in [-0.15, -0.1) is 12.4 Å². The zero-order chi connectivity index (χ0) is 17.6. The standard InChI is InChI=1S/C19H16BrN3O2.ClH/c20-16-7-3-1-5-13(16)12-25-17-8-4-2-6-15(17)19(24)23-14-9-10-18(21)22-11-14;/h1-11H,12H2,(H2,21,22)(H,23,24);1H. The molecule has 0 saturated carbocycles. The number of anilines is 2. The molecule has 0 unspecified atom stereocenters. The first kappa shape index (κ1) is 19.8. The minimum atomic E-state index is -0.269. The molecule has 3 rings (SSSR count). The maximum Gasteiger partial charge on any atom is 0.259 e. The van der Waals surface area contributed by atoms with E-state index in [1.807, 2.05) is 30.3 Å². The van der Waals surface area contributed by atoms with E-state index in [1.54, 1.807) is 30.3 Å². The molecular weight excluding hydrogens is 418 g/mol. The maximum atomic E-state index is 12.5. The Bertz CT molecular complexity index is 888. The molecule has 5 nitrogen and oxygen atoms in total. The Morgan fingerprint density at radius 1 is 1.08 bits per heavy atom. The van der Waals surface area contributed by atoms with Crippen molar-refractivity contribution in [2.45, 2.75) is 6.61 Å². The average Bonchev–Trinajstić information content (AvgIpc) is 2.63. The number of nitrogens with one attached hydrogen (secondary N) is 1. The third kappa shape index (κ3) is 4.97. The topological polar surface area (TPSA) is 77.2 Å². The van der Waals surface area contributed by atoms with Crippen molar-refractivity contribution < 1.29 is 9.53 Å². The Balaban J connectivity index is 0.00000243. The van der Waals surface area contributed by atoms with Crippen molar-refractivity contribution in [3.8, 4) is 5.75 Å². The van der Waals surface area contributed by atoms with Crippen LogP contribution in [-0.4, -0.2) is 10.9 Å². The van der Waals surface area contributed by atoms with Crippen molar-refractivity contribution in [1.29, 1.82) is 0 Å². The van der Waals surface area contributed by atoms with E-state index in [0.29, 0.717) is 29.4 Å². The molecule has 3 N–H and O–H groups in total. The fourth-order valence-electron chi connectivity index (χ4n) is 2.23. The molecule has 0 spiro atoms. The number of halogens is 2. The number of carbonyl (C=O) groups is 1. The molecule has 0 fully saturated rings. The molecule has 26 heavy (non-hydrogen) atoms. The van der Waals surface area contributed by atoms with Crippen LogP contribution in [0, 0.1) is 0 Å². The lowest BCUT2D eigenvalue weighted by atomic mass is 10.2. The van der Waals surface area contributed by atoms with Gasteiger partial charge < -0.3 is 15.8 Å². The number of aromatic nitrogens is 1. The number of hydrogen-bond donors (Lipinski definition) is 2. The molecule has 7 heteroatoms. The van der Waals surface area contributed by atoms with Crippen LogP contribution in [0.2, 0.25) is 0 Å². The van der Waals surface area contributed by atoms with Gasteiger partial charge in [-0.25, -0.2) is 4.98 Å². The van der Waals surface area contributed by atoms with Gasteiger partial charge >= 0.3 is 0 Å². The number of para-hydroxylation sites is 1. The van der Waals surface area contributed by atoms with Gasteiger partial charge in [0.2, 0.25) is 0 Å². The van der Waals surface area contributed by atoms with E-state index in [9.17, 15) is 4.79 Å². The summed E-state index contributed by atoms with van der Waals surface area (Å²) in [6.07, 6.45) is 1.51. The van der Waals surface area contributed by atoms with Crippen LogP contribution in [0.1, 0.15) is 15.9 Å². The highest BCUT2D eigenvalue weighted by molar-refractivity contribution is 9.10. The van der Waals surface area contributed by atoms with Gasteiger partial charge in [-0.2, -0.15) is 0 Å². The van der Waals surface area contributed by atoms with Crippen LogP contribution in [0.3, 0.4) is 0 Å². The predicted octanol–water partition coefficient (Wildman–Crippen LogP) is 4.68. The summed E-state index contributed by atoms with van der Waals surface area (Å²) in [5.41, 5.74) is 7.57.